The number of anilines is 1. The molecular weight excluding hydrogens is 356 g/mol. The van der Waals surface area contributed by atoms with Gasteiger partial charge in [0.15, 0.2) is 0 Å². The Hall–Kier alpha value is -2.57. The third-order valence-corrected chi connectivity index (χ3v) is 6.51. The number of amides is 4. The molecule has 4 aliphatic carbocycles. The average molecular weight is 384 g/mol. The summed E-state index contributed by atoms with van der Waals surface area (Å²) in [5, 5.41) is 8.81. The van der Waals surface area contributed by atoms with Crippen molar-refractivity contribution in [1.82, 2.24) is 10.6 Å². The van der Waals surface area contributed by atoms with Gasteiger partial charge in [-0.1, -0.05) is 0 Å². The van der Waals surface area contributed by atoms with Crippen LogP contribution in [0.15, 0.2) is 24.3 Å². The number of nitrogens with one attached hydrogen (secondary N) is 3. The summed E-state index contributed by atoms with van der Waals surface area (Å²) in [7, 11) is 0. The molecule has 0 unspecified atom stereocenters. The van der Waals surface area contributed by atoms with E-state index < -0.39 is 5.91 Å². The fraction of sp³-hybridized carbons (Fsp3) is 0.571. The van der Waals surface area contributed by atoms with E-state index in [1.54, 1.807) is 24.3 Å². The Morgan fingerprint density at radius 2 is 1.54 bits per heavy atom. The number of hydrogen-bond acceptors (Lipinski definition) is 3. The summed E-state index contributed by atoms with van der Waals surface area (Å²) in [6.45, 7) is 0.281. The van der Waals surface area contributed by atoms with E-state index in [4.69, 9.17) is 5.73 Å². The van der Waals surface area contributed by atoms with Gasteiger partial charge in [0.2, 0.25) is 11.8 Å². The summed E-state index contributed by atoms with van der Waals surface area (Å²) >= 11 is 0. The number of carbonyl (C=O) groups is 3. The minimum absolute atomic E-state index is 0.0245. The first kappa shape index (κ1) is 18.8. The van der Waals surface area contributed by atoms with Crippen LogP contribution in [0.2, 0.25) is 0 Å². The lowest BCUT2D eigenvalue weighted by molar-refractivity contribution is -0.116. The van der Waals surface area contributed by atoms with Crippen LogP contribution in [-0.4, -0.2) is 29.9 Å². The van der Waals surface area contributed by atoms with Gasteiger partial charge >= 0.3 is 6.03 Å². The Kier molecular flexibility index (Phi) is 5.00. The molecule has 4 amide bonds. The Balaban J connectivity index is 1.20. The molecule has 0 heterocycles. The largest absolute Gasteiger partial charge is 0.366 e. The minimum atomic E-state index is -0.507. The van der Waals surface area contributed by atoms with E-state index in [9.17, 15) is 14.4 Å². The monoisotopic (exact) mass is 384 g/mol. The van der Waals surface area contributed by atoms with Gasteiger partial charge in [0.05, 0.1) is 0 Å². The van der Waals surface area contributed by atoms with Gasteiger partial charge in [0, 0.05) is 29.8 Å². The maximum Gasteiger partial charge on any atom is 0.315 e. The highest BCUT2D eigenvalue weighted by atomic mass is 16.2. The van der Waals surface area contributed by atoms with Crippen LogP contribution in [-0.2, 0) is 4.79 Å². The minimum Gasteiger partial charge on any atom is -0.366 e. The number of benzene rings is 1. The summed E-state index contributed by atoms with van der Waals surface area (Å²) < 4.78 is 0. The molecular formula is C21H28N4O3. The van der Waals surface area contributed by atoms with Gasteiger partial charge in [0.1, 0.15) is 0 Å². The molecule has 7 nitrogen and oxygen atoms in total. The average Bonchev–Trinajstić information content (AvgIpc) is 2.60. The number of primary amides is 1. The van der Waals surface area contributed by atoms with E-state index in [0.29, 0.717) is 11.3 Å². The van der Waals surface area contributed by atoms with Crippen LogP contribution >= 0.6 is 0 Å². The lowest BCUT2D eigenvalue weighted by Gasteiger charge is -2.56. The summed E-state index contributed by atoms with van der Waals surface area (Å²) in [5.41, 5.74) is 6.15. The zero-order valence-electron chi connectivity index (χ0n) is 16.0. The molecule has 1 aromatic carbocycles. The summed E-state index contributed by atoms with van der Waals surface area (Å²) in [4.78, 5) is 35.5. The molecule has 0 radical (unpaired) electrons. The van der Waals surface area contributed by atoms with Gasteiger partial charge in [-0.2, -0.15) is 0 Å². The number of carbonyl (C=O) groups excluding carboxylic acids is 3. The van der Waals surface area contributed by atoms with Crippen molar-refractivity contribution >= 4 is 23.5 Å². The molecule has 150 valence electrons. The van der Waals surface area contributed by atoms with Crippen LogP contribution in [0.25, 0.3) is 0 Å². The topological polar surface area (TPSA) is 113 Å². The Morgan fingerprint density at radius 3 is 2.07 bits per heavy atom. The maximum atomic E-state index is 12.4. The molecule has 5 rings (SSSR count). The van der Waals surface area contributed by atoms with Crippen molar-refractivity contribution < 1.29 is 14.4 Å². The lowest BCUT2D eigenvalue weighted by Crippen LogP contribution is -2.61. The zero-order valence-corrected chi connectivity index (χ0v) is 16.0. The van der Waals surface area contributed by atoms with Crippen molar-refractivity contribution in [2.45, 2.75) is 50.5 Å². The van der Waals surface area contributed by atoms with Crippen LogP contribution < -0.4 is 21.7 Å². The smallest absolute Gasteiger partial charge is 0.315 e. The normalized spacial score (nSPS) is 29.9. The Labute approximate surface area is 164 Å². The van der Waals surface area contributed by atoms with Gasteiger partial charge in [-0.25, -0.2) is 4.79 Å². The lowest BCUT2D eigenvalue weighted by atomic mass is 9.53. The molecule has 4 saturated carbocycles. The predicted octanol–water partition coefficient (Wildman–Crippen LogP) is 2.38. The first-order chi connectivity index (χ1) is 13.4. The molecule has 4 bridgehead atoms. The summed E-state index contributed by atoms with van der Waals surface area (Å²) in [6, 6.07) is 6.22. The van der Waals surface area contributed by atoms with E-state index >= 15 is 0 Å². The van der Waals surface area contributed by atoms with E-state index in [2.05, 4.69) is 16.0 Å². The van der Waals surface area contributed by atoms with E-state index in [0.717, 1.165) is 37.0 Å². The van der Waals surface area contributed by atoms with Crippen LogP contribution in [0.3, 0.4) is 0 Å². The first-order valence-electron chi connectivity index (χ1n) is 10.2. The van der Waals surface area contributed by atoms with Crippen LogP contribution in [0.5, 0.6) is 0 Å². The molecule has 4 fully saturated rings. The second-order valence-electron chi connectivity index (χ2n) is 8.82. The maximum absolute atomic E-state index is 12.4. The Morgan fingerprint density at radius 1 is 0.964 bits per heavy atom. The molecule has 0 aromatic heterocycles. The number of urea groups is 1. The molecule has 0 saturated heterocycles. The van der Waals surface area contributed by atoms with Crippen LogP contribution in [0.4, 0.5) is 10.5 Å². The van der Waals surface area contributed by atoms with Crippen molar-refractivity contribution in [2.24, 2.45) is 23.5 Å². The fourth-order valence-corrected chi connectivity index (χ4v) is 5.78. The second-order valence-corrected chi connectivity index (χ2v) is 8.82. The highest BCUT2D eigenvalue weighted by Crippen LogP contribution is 2.55. The third kappa shape index (κ3) is 4.13. The second kappa shape index (κ2) is 7.45. The van der Waals surface area contributed by atoms with Crippen molar-refractivity contribution in [3.8, 4) is 0 Å². The molecule has 7 heteroatoms. The molecule has 0 spiro atoms. The molecule has 1 aromatic rings. The highest BCUT2D eigenvalue weighted by molar-refractivity contribution is 5.94. The number of nitrogens with two attached hydrogens (primary N) is 1. The van der Waals surface area contributed by atoms with Gasteiger partial charge in [0.25, 0.3) is 0 Å². The van der Waals surface area contributed by atoms with E-state index in [1.165, 1.54) is 19.3 Å². The van der Waals surface area contributed by atoms with Crippen molar-refractivity contribution in [3.63, 3.8) is 0 Å². The van der Waals surface area contributed by atoms with Gasteiger partial charge in [-0.15, -0.1) is 0 Å². The van der Waals surface area contributed by atoms with Gasteiger partial charge < -0.3 is 21.7 Å². The molecule has 0 atom stereocenters. The third-order valence-electron chi connectivity index (χ3n) is 6.51. The predicted molar refractivity (Wildman–Crippen MR) is 106 cm³/mol. The number of rotatable bonds is 6. The Bertz CT molecular complexity index is 739. The van der Waals surface area contributed by atoms with E-state index in [-0.39, 0.29) is 30.4 Å². The van der Waals surface area contributed by atoms with Crippen molar-refractivity contribution in [2.75, 3.05) is 11.9 Å². The fourth-order valence-electron chi connectivity index (χ4n) is 5.78. The van der Waals surface area contributed by atoms with Crippen molar-refractivity contribution in [1.29, 1.82) is 0 Å². The zero-order chi connectivity index (χ0) is 19.7. The number of hydrogen-bond donors (Lipinski definition) is 4. The molecule has 28 heavy (non-hydrogen) atoms. The standard InChI is InChI=1S/C21H28N4O3/c22-19(27)16-1-3-17(4-2-16)24-18(26)5-6-23-20(28)25-21-10-13-7-14(11-21)9-15(8-13)12-21/h1-4,13-15H,5-12H2,(H2,22,27)(H,24,26)(H2,23,25,28). The first-order valence-corrected chi connectivity index (χ1v) is 10.2. The molecule has 5 N–H and O–H groups in total. The van der Waals surface area contributed by atoms with Crippen LogP contribution in [0, 0.1) is 17.8 Å². The highest BCUT2D eigenvalue weighted by Gasteiger charge is 2.51. The quantitative estimate of drug-likeness (QED) is 0.604. The summed E-state index contributed by atoms with van der Waals surface area (Å²) in [5.74, 6) is 1.63. The van der Waals surface area contributed by atoms with Gasteiger partial charge in [-0.3, -0.25) is 9.59 Å². The molecule has 4 aliphatic rings. The van der Waals surface area contributed by atoms with E-state index in [1.807, 2.05) is 0 Å². The van der Waals surface area contributed by atoms with Crippen molar-refractivity contribution in [3.05, 3.63) is 29.8 Å². The summed E-state index contributed by atoms with van der Waals surface area (Å²) in [6.07, 6.45) is 7.51. The SMILES string of the molecule is NC(=O)c1ccc(NC(=O)CCNC(=O)NC23CC4CC(CC(C4)C2)C3)cc1. The molecule has 0 aliphatic heterocycles. The van der Waals surface area contributed by atoms with Crippen LogP contribution in [0.1, 0.15) is 55.3 Å². The van der Waals surface area contributed by atoms with Gasteiger partial charge in [-0.05, 0) is 80.5 Å².